The smallest absolute Gasteiger partial charge is 0.315 e. The Morgan fingerprint density at radius 2 is 2.27 bits per heavy atom. The van der Waals surface area contributed by atoms with Gasteiger partial charge in [0.1, 0.15) is 0 Å². The fourth-order valence-corrected chi connectivity index (χ4v) is 2.94. The van der Waals surface area contributed by atoms with Crippen molar-refractivity contribution < 1.29 is 9.53 Å². The van der Waals surface area contributed by atoms with Gasteiger partial charge in [-0.05, 0) is 32.0 Å². The summed E-state index contributed by atoms with van der Waals surface area (Å²) in [5, 5.41) is 5.68. The van der Waals surface area contributed by atoms with Gasteiger partial charge < -0.3 is 15.4 Å². The summed E-state index contributed by atoms with van der Waals surface area (Å²) in [5.74, 6) is 0.545. The second-order valence-corrected chi connectivity index (χ2v) is 6.34. The van der Waals surface area contributed by atoms with Crippen molar-refractivity contribution in [1.82, 2.24) is 15.6 Å². The second-order valence-electron chi connectivity index (χ2n) is 4.59. The lowest BCUT2D eigenvalue weighted by Crippen LogP contribution is -2.36. The van der Waals surface area contributed by atoms with Gasteiger partial charge in [-0.3, -0.25) is 0 Å². The number of amides is 2. The average molecular weight is 340 g/mol. The maximum Gasteiger partial charge on any atom is 0.315 e. The molecule has 0 aliphatic carbocycles. The first-order valence-electron chi connectivity index (χ1n) is 6.96. The molecule has 0 aliphatic heterocycles. The number of nitrogens with zero attached hydrogens (tertiary/aromatic N) is 1. The zero-order valence-corrected chi connectivity index (χ0v) is 14.0. The number of pyridine rings is 1. The summed E-state index contributed by atoms with van der Waals surface area (Å²) < 4.78 is 6.14. The van der Waals surface area contributed by atoms with E-state index in [-0.39, 0.29) is 12.1 Å². The monoisotopic (exact) mass is 339 g/mol. The number of carbonyl (C=O) groups is 1. The van der Waals surface area contributed by atoms with Gasteiger partial charge in [-0.2, -0.15) is 0 Å². The van der Waals surface area contributed by atoms with Crippen LogP contribution in [0.4, 0.5) is 4.79 Å². The van der Waals surface area contributed by atoms with Crippen molar-refractivity contribution >= 4 is 29.0 Å². The lowest BCUT2D eigenvalue weighted by molar-refractivity contribution is 0.237. The second kappa shape index (κ2) is 8.00. The summed E-state index contributed by atoms with van der Waals surface area (Å²) in [5.41, 5.74) is 0.839. The Kier molecular flexibility index (Phi) is 6.03. The van der Waals surface area contributed by atoms with Gasteiger partial charge in [0, 0.05) is 23.2 Å². The molecule has 0 fully saturated rings. The molecule has 2 aromatic heterocycles. The Morgan fingerprint density at radius 1 is 1.45 bits per heavy atom. The maximum atomic E-state index is 12.0. The molecule has 2 amide bonds. The van der Waals surface area contributed by atoms with Crippen molar-refractivity contribution in [3.05, 3.63) is 45.2 Å². The third-order valence-corrected chi connectivity index (χ3v) is 4.35. The highest BCUT2D eigenvalue weighted by molar-refractivity contribution is 7.16. The number of rotatable bonds is 6. The number of carbonyl (C=O) groups excluding carboxylic acids is 1. The van der Waals surface area contributed by atoms with Crippen LogP contribution in [-0.4, -0.2) is 17.6 Å². The number of aromatic nitrogens is 1. The molecule has 0 spiro atoms. The van der Waals surface area contributed by atoms with Crippen molar-refractivity contribution in [2.75, 3.05) is 6.61 Å². The van der Waals surface area contributed by atoms with E-state index in [2.05, 4.69) is 15.6 Å². The molecule has 2 rings (SSSR count). The summed E-state index contributed by atoms with van der Waals surface area (Å²) in [4.78, 5) is 17.1. The SMILES string of the molecule is CCOc1ncccc1CNC(=O)N[C@H](C)c1ccc(Cl)s1. The van der Waals surface area contributed by atoms with Crippen molar-refractivity contribution in [3.63, 3.8) is 0 Å². The fraction of sp³-hybridized carbons (Fsp3) is 0.333. The van der Waals surface area contributed by atoms with Gasteiger partial charge >= 0.3 is 6.03 Å². The van der Waals surface area contributed by atoms with Crippen LogP contribution >= 0.6 is 22.9 Å². The molecule has 0 aromatic carbocycles. The minimum absolute atomic E-state index is 0.0993. The van der Waals surface area contributed by atoms with Crippen LogP contribution in [0.2, 0.25) is 4.34 Å². The van der Waals surface area contributed by atoms with Crippen LogP contribution < -0.4 is 15.4 Å². The Morgan fingerprint density at radius 3 is 2.95 bits per heavy atom. The van der Waals surface area contributed by atoms with Crippen LogP contribution in [0.3, 0.4) is 0 Å². The highest BCUT2D eigenvalue weighted by Gasteiger charge is 2.12. The first-order valence-corrected chi connectivity index (χ1v) is 8.16. The number of halogens is 1. The van der Waals surface area contributed by atoms with E-state index in [9.17, 15) is 4.79 Å². The third-order valence-electron chi connectivity index (χ3n) is 2.94. The highest BCUT2D eigenvalue weighted by Crippen LogP contribution is 2.26. The zero-order chi connectivity index (χ0) is 15.9. The van der Waals surface area contributed by atoms with E-state index in [1.165, 1.54) is 11.3 Å². The molecule has 2 aromatic rings. The van der Waals surface area contributed by atoms with Crippen LogP contribution in [0.25, 0.3) is 0 Å². The Balaban J connectivity index is 1.88. The molecule has 1 atom stereocenters. The van der Waals surface area contributed by atoms with Gasteiger partial charge in [0.05, 0.1) is 17.0 Å². The van der Waals surface area contributed by atoms with Crippen molar-refractivity contribution in [2.24, 2.45) is 0 Å². The molecule has 22 heavy (non-hydrogen) atoms. The third kappa shape index (κ3) is 4.61. The molecule has 0 radical (unpaired) electrons. The lowest BCUT2D eigenvalue weighted by Gasteiger charge is -2.14. The lowest BCUT2D eigenvalue weighted by atomic mass is 10.2. The molecule has 118 valence electrons. The quantitative estimate of drug-likeness (QED) is 0.842. The molecule has 7 heteroatoms. The first kappa shape index (κ1) is 16.6. The van der Waals surface area contributed by atoms with Gasteiger partial charge in [0.15, 0.2) is 0 Å². The van der Waals surface area contributed by atoms with Crippen LogP contribution in [0.5, 0.6) is 5.88 Å². The molecule has 0 unspecified atom stereocenters. The van der Waals surface area contributed by atoms with E-state index in [0.717, 1.165) is 10.4 Å². The van der Waals surface area contributed by atoms with Gasteiger partial charge in [-0.25, -0.2) is 9.78 Å². The normalized spacial score (nSPS) is 11.8. The zero-order valence-electron chi connectivity index (χ0n) is 12.4. The molecular formula is C15H18ClN3O2S. The maximum absolute atomic E-state index is 12.0. The highest BCUT2D eigenvalue weighted by atomic mass is 35.5. The fourth-order valence-electron chi connectivity index (χ4n) is 1.88. The minimum Gasteiger partial charge on any atom is -0.478 e. The Labute approximate surface area is 138 Å². The topological polar surface area (TPSA) is 63.2 Å². The summed E-state index contributed by atoms with van der Waals surface area (Å²) in [7, 11) is 0. The van der Waals surface area contributed by atoms with Crippen molar-refractivity contribution in [1.29, 1.82) is 0 Å². The number of nitrogens with one attached hydrogen (secondary N) is 2. The van der Waals surface area contributed by atoms with E-state index >= 15 is 0 Å². The first-order chi connectivity index (χ1) is 10.6. The molecule has 2 heterocycles. The number of ether oxygens (including phenoxy) is 1. The van der Waals surface area contributed by atoms with E-state index in [1.807, 2.05) is 38.1 Å². The minimum atomic E-state index is -0.247. The average Bonchev–Trinajstić information content (AvgIpc) is 2.93. The predicted octanol–water partition coefficient (Wildman–Crippen LogP) is 3.76. The molecular weight excluding hydrogens is 322 g/mol. The number of thiophene rings is 1. The van der Waals surface area contributed by atoms with Crippen LogP contribution in [0, 0.1) is 0 Å². The van der Waals surface area contributed by atoms with E-state index < -0.39 is 0 Å². The van der Waals surface area contributed by atoms with E-state index in [4.69, 9.17) is 16.3 Å². The summed E-state index contributed by atoms with van der Waals surface area (Å²) in [6.07, 6.45) is 1.66. The molecule has 0 saturated carbocycles. The number of urea groups is 1. The van der Waals surface area contributed by atoms with Crippen LogP contribution in [0.1, 0.15) is 30.3 Å². The summed E-state index contributed by atoms with van der Waals surface area (Å²) in [6.45, 7) is 4.70. The van der Waals surface area contributed by atoms with Crippen molar-refractivity contribution in [3.8, 4) is 5.88 Å². The molecule has 5 nitrogen and oxygen atoms in total. The van der Waals surface area contributed by atoms with Crippen molar-refractivity contribution in [2.45, 2.75) is 26.4 Å². The standard InChI is InChI=1S/C15H18ClN3O2S/c1-3-21-14-11(5-4-8-17-14)9-18-15(20)19-10(2)12-6-7-13(16)22-12/h4-8,10H,3,9H2,1-2H3,(H2,18,19,20)/t10-/m1/s1. The number of hydrogen-bond acceptors (Lipinski definition) is 4. The van der Waals surface area contributed by atoms with Gasteiger partial charge in [0.25, 0.3) is 0 Å². The predicted molar refractivity (Wildman–Crippen MR) is 88.5 cm³/mol. The molecule has 2 N–H and O–H groups in total. The van der Waals surface area contributed by atoms with Crippen LogP contribution in [0.15, 0.2) is 30.5 Å². The molecule has 0 bridgehead atoms. The van der Waals surface area contributed by atoms with Crippen LogP contribution in [-0.2, 0) is 6.54 Å². The Hall–Kier alpha value is -1.79. The van der Waals surface area contributed by atoms with E-state index in [0.29, 0.717) is 23.4 Å². The molecule has 0 saturated heterocycles. The largest absolute Gasteiger partial charge is 0.478 e. The van der Waals surface area contributed by atoms with Gasteiger partial charge in [-0.15, -0.1) is 11.3 Å². The number of hydrogen-bond donors (Lipinski definition) is 2. The van der Waals surface area contributed by atoms with E-state index in [1.54, 1.807) is 6.20 Å². The summed E-state index contributed by atoms with van der Waals surface area (Å²) >= 11 is 7.35. The molecule has 0 aliphatic rings. The van der Waals surface area contributed by atoms with Gasteiger partial charge in [0.2, 0.25) is 5.88 Å². The Bertz CT molecular complexity index is 633. The summed E-state index contributed by atoms with van der Waals surface area (Å²) in [6, 6.07) is 7.07. The van der Waals surface area contributed by atoms with Gasteiger partial charge in [-0.1, -0.05) is 17.7 Å².